The Morgan fingerprint density at radius 3 is 2.91 bits per heavy atom. The van der Waals surface area contributed by atoms with E-state index in [0.29, 0.717) is 24.6 Å². The first-order valence-electron chi connectivity index (χ1n) is 7.41. The molecule has 0 atom stereocenters. The van der Waals surface area contributed by atoms with Gasteiger partial charge in [0.15, 0.2) is 11.5 Å². The second-order valence-corrected chi connectivity index (χ2v) is 4.96. The lowest BCUT2D eigenvalue weighted by atomic mass is 10.2. The first-order chi connectivity index (χ1) is 11.2. The maximum absolute atomic E-state index is 12.0. The number of carbonyl (C=O) groups is 1. The summed E-state index contributed by atoms with van der Waals surface area (Å²) in [5.74, 6) is 2.15. The van der Waals surface area contributed by atoms with Crippen LogP contribution in [0.3, 0.4) is 0 Å². The summed E-state index contributed by atoms with van der Waals surface area (Å²) in [6.07, 6.45) is 0. The Labute approximate surface area is 134 Å². The summed E-state index contributed by atoms with van der Waals surface area (Å²) in [6, 6.07) is 12.6. The van der Waals surface area contributed by atoms with Crippen LogP contribution in [-0.2, 0) is 6.54 Å². The summed E-state index contributed by atoms with van der Waals surface area (Å²) in [4.78, 5) is 12.0. The number of benzene rings is 2. The molecule has 2 aromatic carbocycles. The lowest BCUT2D eigenvalue weighted by Gasteiger charge is -2.09. The molecule has 2 N–H and O–H groups in total. The van der Waals surface area contributed by atoms with Crippen LogP contribution in [0.25, 0.3) is 0 Å². The SMILES string of the molecule is CCOc1cccc(NC(=O)NCc2ccc3c(c2)OCO3)c1. The third-order valence-electron chi connectivity index (χ3n) is 3.29. The molecule has 0 fully saturated rings. The molecule has 0 saturated heterocycles. The van der Waals surface area contributed by atoms with Crippen molar-refractivity contribution in [1.29, 1.82) is 0 Å². The van der Waals surface area contributed by atoms with Crippen molar-refractivity contribution in [3.63, 3.8) is 0 Å². The van der Waals surface area contributed by atoms with Crippen molar-refractivity contribution >= 4 is 11.7 Å². The molecular weight excluding hydrogens is 296 g/mol. The minimum absolute atomic E-state index is 0.239. The van der Waals surface area contributed by atoms with Crippen molar-refractivity contribution in [1.82, 2.24) is 5.32 Å². The Balaban J connectivity index is 1.54. The van der Waals surface area contributed by atoms with Crippen LogP contribution in [0.15, 0.2) is 42.5 Å². The largest absolute Gasteiger partial charge is 0.494 e. The van der Waals surface area contributed by atoms with Gasteiger partial charge in [-0.25, -0.2) is 4.79 Å². The molecule has 0 bridgehead atoms. The molecule has 0 radical (unpaired) electrons. The molecule has 1 heterocycles. The summed E-state index contributed by atoms with van der Waals surface area (Å²) in [5.41, 5.74) is 1.62. The summed E-state index contributed by atoms with van der Waals surface area (Å²) in [7, 11) is 0. The van der Waals surface area contributed by atoms with Gasteiger partial charge in [0.1, 0.15) is 5.75 Å². The maximum Gasteiger partial charge on any atom is 0.319 e. The number of hydrogen-bond donors (Lipinski definition) is 2. The van der Waals surface area contributed by atoms with E-state index in [1.54, 1.807) is 6.07 Å². The lowest BCUT2D eigenvalue weighted by molar-refractivity contribution is 0.174. The number of anilines is 1. The molecule has 0 aromatic heterocycles. The molecule has 0 aliphatic carbocycles. The first-order valence-corrected chi connectivity index (χ1v) is 7.41. The van der Waals surface area contributed by atoms with Crippen LogP contribution in [-0.4, -0.2) is 19.4 Å². The number of fused-ring (bicyclic) bond motifs is 1. The molecule has 0 spiro atoms. The number of hydrogen-bond acceptors (Lipinski definition) is 4. The van der Waals surface area contributed by atoms with Crippen LogP contribution in [0.5, 0.6) is 17.2 Å². The zero-order valence-electron chi connectivity index (χ0n) is 12.8. The monoisotopic (exact) mass is 314 g/mol. The van der Waals surface area contributed by atoms with Gasteiger partial charge in [0.25, 0.3) is 0 Å². The minimum atomic E-state index is -0.281. The number of ether oxygens (including phenoxy) is 3. The molecule has 1 aliphatic rings. The number of urea groups is 1. The number of amides is 2. The molecule has 3 rings (SSSR count). The first kappa shape index (κ1) is 15.0. The fraction of sp³-hybridized carbons (Fsp3) is 0.235. The van der Waals surface area contributed by atoms with Gasteiger partial charge in [-0.05, 0) is 36.8 Å². The van der Waals surface area contributed by atoms with Crippen molar-refractivity contribution in [3.8, 4) is 17.2 Å². The molecular formula is C17H18N2O4. The fourth-order valence-corrected chi connectivity index (χ4v) is 2.24. The molecule has 120 valence electrons. The highest BCUT2D eigenvalue weighted by molar-refractivity contribution is 5.89. The predicted octanol–water partition coefficient (Wildman–Crippen LogP) is 3.14. The van der Waals surface area contributed by atoms with Gasteiger partial charge in [-0.3, -0.25) is 0 Å². The molecule has 2 amide bonds. The van der Waals surface area contributed by atoms with E-state index in [4.69, 9.17) is 14.2 Å². The lowest BCUT2D eigenvalue weighted by Crippen LogP contribution is -2.28. The highest BCUT2D eigenvalue weighted by atomic mass is 16.7. The van der Waals surface area contributed by atoms with E-state index < -0.39 is 0 Å². The van der Waals surface area contributed by atoms with Crippen molar-refractivity contribution < 1.29 is 19.0 Å². The van der Waals surface area contributed by atoms with Gasteiger partial charge in [-0.2, -0.15) is 0 Å². The number of carbonyl (C=O) groups excluding carboxylic acids is 1. The van der Waals surface area contributed by atoms with Gasteiger partial charge >= 0.3 is 6.03 Å². The zero-order valence-corrected chi connectivity index (χ0v) is 12.8. The Morgan fingerprint density at radius 1 is 1.17 bits per heavy atom. The molecule has 0 saturated carbocycles. The second-order valence-electron chi connectivity index (χ2n) is 4.96. The van der Waals surface area contributed by atoms with Gasteiger partial charge in [0.05, 0.1) is 6.61 Å². The summed E-state index contributed by atoms with van der Waals surface area (Å²) < 4.78 is 16.0. The minimum Gasteiger partial charge on any atom is -0.494 e. The molecule has 0 unspecified atom stereocenters. The normalized spacial score (nSPS) is 11.9. The van der Waals surface area contributed by atoms with Gasteiger partial charge in [-0.1, -0.05) is 12.1 Å². The Kier molecular flexibility index (Phi) is 4.52. The average Bonchev–Trinajstić information content (AvgIpc) is 3.01. The van der Waals surface area contributed by atoms with Crippen LogP contribution in [0.4, 0.5) is 10.5 Å². The van der Waals surface area contributed by atoms with Crippen LogP contribution < -0.4 is 24.8 Å². The van der Waals surface area contributed by atoms with Crippen molar-refractivity contribution in [2.24, 2.45) is 0 Å². The van der Waals surface area contributed by atoms with Crippen molar-refractivity contribution in [3.05, 3.63) is 48.0 Å². The smallest absolute Gasteiger partial charge is 0.319 e. The van der Waals surface area contributed by atoms with Gasteiger partial charge in [0, 0.05) is 18.3 Å². The van der Waals surface area contributed by atoms with E-state index in [-0.39, 0.29) is 12.8 Å². The van der Waals surface area contributed by atoms with E-state index in [1.165, 1.54) is 0 Å². The second kappa shape index (κ2) is 6.91. The van der Waals surface area contributed by atoms with E-state index in [9.17, 15) is 4.79 Å². The standard InChI is InChI=1S/C17H18N2O4/c1-2-21-14-5-3-4-13(9-14)19-17(20)18-10-12-6-7-15-16(8-12)23-11-22-15/h3-9H,2,10-11H2,1H3,(H2,18,19,20). The number of rotatable bonds is 5. The number of nitrogens with one attached hydrogen (secondary N) is 2. The van der Waals surface area contributed by atoms with E-state index >= 15 is 0 Å². The van der Waals surface area contributed by atoms with Crippen LogP contribution in [0, 0.1) is 0 Å². The quantitative estimate of drug-likeness (QED) is 0.889. The third-order valence-corrected chi connectivity index (χ3v) is 3.29. The summed E-state index contributed by atoms with van der Waals surface area (Å²) >= 11 is 0. The van der Waals surface area contributed by atoms with E-state index in [0.717, 1.165) is 17.1 Å². The van der Waals surface area contributed by atoms with Gasteiger partial charge < -0.3 is 24.8 Å². The van der Waals surface area contributed by atoms with Crippen molar-refractivity contribution in [2.45, 2.75) is 13.5 Å². The molecule has 1 aliphatic heterocycles. The van der Waals surface area contributed by atoms with Gasteiger partial charge in [-0.15, -0.1) is 0 Å². The summed E-state index contributed by atoms with van der Waals surface area (Å²) in [6.45, 7) is 3.13. The maximum atomic E-state index is 12.0. The van der Waals surface area contributed by atoms with E-state index in [1.807, 2.05) is 43.3 Å². The fourth-order valence-electron chi connectivity index (χ4n) is 2.24. The molecule has 23 heavy (non-hydrogen) atoms. The highest BCUT2D eigenvalue weighted by Crippen LogP contribution is 2.32. The van der Waals surface area contributed by atoms with Crippen LogP contribution >= 0.6 is 0 Å². The average molecular weight is 314 g/mol. The zero-order chi connectivity index (χ0) is 16.1. The summed E-state index contributed by atoms with van der Waals surface area (Å²) in [5, 5.41) is 5.58. The predicted molar refractivity (Wildman–Crippen MR) is 86.0 cm³/mol. The van der Waals surface area contributed by atoms with Crippen LogP contribution in [0.1, 0.15) is 12.5 Å². The van der Waals surface area contributed by atoms with Crippen LogP contribution in [0.2, 0.25) is 0 Å². The Bertz CT molecular complexity index is 703. The molecule has 6 heteroatoms. The topological polar surface area (TPSA) is 68.8 Å². The highest BCUT2D eigenvalue weighted by Gasteiger charge is 2.13. The molecule has 2 aromatic rings. The van der Waals surface area contributed by atoms with Gasteiger partial charge in [0.2, 0.25) is 6.79 Å². The van der Waals surface area contributed by atoms with Crippen molar-refractivity contribution in [2.75, 3.05) is 18.7 Å². The molecule has 6 nitrogen and oxygen atoms in total. The Morgan fingerprint density at radius 2 is 2.04 bits per heavy atom. The Hall–Kier alpha value is -2.89. The third kappa shape index (κ3) is 3.85. The van der Waals surface area contributed by atoms with E-state index in [2.05, 4.69) is 10.6 Å².